The third-order valence-corrected chi connectivity index (χ3v) is 7.25. The molecule has 3 rings (SSSR count). The van der Waals surface area contributed by atoms with Crippen LogP contribution in [0.15, 0.2) is 53.4 Å². The molecule has 7 heteroatoms. The van der Waals surface area contributed by atoms with E-state index in [1.165, 1.54) is 4.31 Å². The molecule has 1 N–H and O–H groups in total. The molecule has 0 radical (unpaired) electrons. The Morgan fingerprint density at radius 2 is 1.64 bits per heavy atom. The van der Waals surface area contributed by atoms with Crippen molar-refractivity contribution >= 4 is 21.6 Å². The molecular formula is C21H27N3O3S. The van der Waals surface area contributed by atoms with Crippen molar-refractivity contribution in [1.29, 1.82) is 0 Å². The number of sulfonamides is 1. The number of carbonyl (C=O) groups excluding carboxylic acids is 1. The maximum Gasteiger partial charge on any atom is 0.243 e. The average Bonchev–Trinajstić information content (AvgIpc) is 2.68. The number of anilines is 1. The van der Waals surface area contributed by atoms with Crippen LogP contribution in [-0.2, 0) is 14.8 Å². The van der Waals surface area contributed by atoms with E-state index in [-0.39, 0.29) is 11.9 Å². The molecule has 1 aliphatic heterocycles. The van der Waals surface area contributed by atoms with E-state index in [0.29, 0.717) is 31.1 Å². The van der Waals surface area contributed by atoms with Gasteiger partial charge >= 0.3 is 0 Å². The van der Waals surface area contributed by atoms with Gasteiger partial charge in [-0.25, -0.2) is 8.42 Å². The first-order chi connectivity index (χ1) is 13.3. The summed E-state index contributed by atoms with van der Waals surface area (Å²) >= 11 is 0. The minimum atomic E-state index is -3.52. The van der Waals surface area contributed by atoms with Crippen LogP contribution >= 0.6 is 0 Å². The Kier molecular flexibility index (Phi) is 6.17. The molecule has 0 spiro atoms. The van der Waals surface area contributed by atoms with Gasteiger partial charge in [-0.3, -0.25) is 9.69 Å². The van der Waals surface area contributed by atoms with E-state index in [9.17, 15) is 13.2 Å². The minimum absolute atomic E-state index is 0.0862. The standard InChI is InChI=1S/C21H27N3O3S/c1-16-9-10-20(17(2)15-16)28(26,27)24-13-11-23(12-14-24)18(3)21(25)22-19-7-5-4-6-8-19/h4-10,15,18H,11-14H2,1-3H3,(H,22,25)/t18-/m0/s1. The summed E-state index contributed by atoms with van der Waals surface area (Å²) in [5, 5.41) is 2.91. The van der Waals surface area contributed by atoms with Gasteiger partial charge in [0.15, 0.2) is 0 Å². The number of hydrogen-bond donors (Lipinski definition) is 1. The predicted molar refractivity (Wildman–Crippen MR) is 111 cm³/mol. The van der Waals surface area contributed by atoms with E-state index >= 15 is 0 Å². The summed E-state index contributed by atoms with van der Waals surface area (Å²) < 4.78 is 27.5. The van der Waals surface area contributed by atoms with Crippen molar-refractivity contribution in [1.82, 2.24) is 9.21 Å². The van der Waals surface area contributed by atoms with Gasteiger partial charge < -0.3 is 5.32 Å². The molecule has 2 aromatic rings. The van der Waals surface area contributed by atoms with Gasteiger partial charge in [0, 0.05) is 31.9 Å². The molecule has 1 fully saturated rings. The molecule has 150 valence electrons. The van der Waals surface area contributed by atoms with Crippen LogP contribution in [-0.4, -0.2) is 55.8 Å². The van der Waals surface area contributed by atoms with Crippen molar-refractivity contribution < 1.29 is 13.2 Å². The molecule has 0 bridgehead atoms. The molecular weight excluding hydrogens is 374 g/mol. The molecule has 0 aliphatic carbocycles. The predicted octanol–water partition coefficient (Wildman–Crippen LogP) is 2.64. The largest absolute Gasteiger partial charge is 0.325 e. The van der Waals surface area contributed by atoms with E-state index in [2.05, 4.69) is 5.32 Å². The minimum Gasteiger partial charge on any atom is -0.325 e. The van der Waals surface area contributed by atoms with Crippen molar-refractivity contribution in [3.8, 4) is 0 Å². The Morgan fingerprint density at radius 1 is 1.00 bits per heavy atom. The molecule has 28 heavy (non-hydrogen) atoms. The normalized spacial score (nSPS) is 17.2. The zero-order valence-corrected chi connectivity index (χ0v) is 17.4. The van der Waals surface area contributed by atoms with Gasteiger partial charge in [0.25, 0.3) is 0 Å². The first kappa shape index (κ1) is 20.5. The molecule has 1 heterocycles. The number of nitrogens with one attached hydrogen (secondary N) is 1. The van der Waals surface area contributed by atoms with Crippen molar-refractivity contribution in [3.63, 3.8) is 0 Å². The molecule has 0 unspecified atom stereocenters. The third kappa shape index (κ3) is 4.43. The maximum atomic E-state index is 13.0. The van der Waals surface area contributed by atoms with Crippen LogP contribution in [0.4, 0.5) is 5.69 Å². The summed E-state index contributed by atoms with van der Waals surface area (Å²) in [5.74, 6) is -0.0862. The summed E-state index contributed by atoms with van der Waals surface area (Å²) in [4.78, 5) is 14.9. The Labute approximate surface area is 167 Å². The van der Waals surface area contributed by atoms with Gasteiger partial charge in [0.05, 0.1) is 10.9 Å². The number of amides is 1. The lowest BCUT2D eigenvalue weighted by atomic mass is 10.2. The van der Waals surface area contributed by atoms with E-state index in [1.54, 1.807) is 6.07 Å². The first-order valence-corrected chi connectivity index (χ1v) is 10.9. The molecule has 0 saturated carbocycles. The highest BCUT2D eigenvalue weighted by atomic mass is 32.2. The third-order valence-electron chi connectivity index (χ3n) is 5.19. The van der Waals surface area contributed by atoms with Gasteiger partial charge in [-0.2, -0.15) is 4.31 Å². The summed E-state index contributed by atoms with van der Waals surface area (Å²) in [6.07, 6.45) is 0. The van der Waals surface area contributed by atoms with Crippen molar-refractivity contribution in [3.05, 3.63) is 59.7 Å². The number of para-hydroxylation sites is 1. The number of benzene rings is 2. The van der Waals surface area contributed by atoms with Gasteiger partial charge in [-0.1, -0.05) is 35.9 Å². The smallest absolute Gasteiger partial charge is 0.243 e. The van der Waals surface area contributed by atoms with Gasteiger partial charge in [0.1, 0.15) is 0 Å². The van der Waals surface area contributed by atoms with Gasteiger partial charge in [0.2, 0.25) is 15.9 Å². The van der Waals surface area contributed by atoms with E-state index in [4.69, 9.17) is 0 Å². The highest BCUT2D eigenvalue weighted by molar-refractivity contribution is 7.89. The number of carbonyl (C=O) groups is 1. The zero-order chi connectivity index (χ0) is 20.3. The lowest BCUT2D eigenvalue weighted by Crippen LogP contribution is -2.54. The van der Waals surface area contributed by atoms with Crippen LogP contribution in [0.1, 0.15) is 18.1 Å². The van der Waals surface area contributed by atoms with E-state index in [0.717, 1.165) is 16.8 Å². The lowest BCUT2D eigenvalue weighted by Gasteiger charge is -2.36. The van der Waals surface area contributed by atoms with Crippen molar-refractivity contribution in [2.45, 2.75) is 31.7 Å². The lowest BCUT2D eigenvalue weighted by molar-refractivity contribution is -0.121. The Balaban J connectivity index is 1.62. The monoisotopic (exact) mass is 401 g/mol. The number of aryl methyl sites for hydroxylation is 2. The quantitative estimate of drug-likeness (QED) is 0.836. The second-order valence-electron chi connectivity index (χ2n) is 7.24. The van der Waals surface area contributed by atoms with E-state index < -0.39 is 10.0 Å². The summed E-state index contributed by atoms with van der Waals surface area (Å²) in [5.41, 5.74) is 2.56. The molecule has 2 aromatic carbocycles. The Morgan fingerprint density at radius 3 is 2.25 bits per heavy atom. The Hall–Kier alpha value is -2.22. The molecule has 1 aliphatic rings. The average molecular weight is 402 g/mol. The fourth-order valence-corrected chi connectivity index (χ4v) is 5.12. The zero-order valence-electron chi connectivity index (χ0n) is 16.6. The molecule has 1 atom stereocenters. The van der Waals surface area contributed by atoms with Crippen LogP contribution in [0.2, 0.25) is 0 Å². The van der Waals surface area contributed by atoms with Crippen LogP contribution in [0.5, 0.6) is 0 Å². The van der Waals surface area contributed by atoms with Crippen LogP contribution < -0.4 is 5.32 Å². The molecule has 6 nitrogen and oxygen atoms in total. The van der Waals surface area contributed by atoms with Crippen LogP contribution in [0, 0.1) is 13.8 Å². The highest BCUT2D eigenvalue weighted by Gasteiger charge is 2.32. The number of nitrogens with zero attached hydrogens (tertiary/aromatic N) is 2. The topological polar surface area (TPSA) is 69.7 Å². The van der Waals surface area contributed by atoms with Crippen molar-refractivity contribution in [2.24, 2.45) is 0 Å². The van der Waals surface area contributed by atoms with Crippen LogP contribution in [0.3, 0.4) is 0 Å². The number of hydrogen-bond acceptors (Lipinski definition) is 4. The number of rotatable bonds is 5. The molecule has 1 amide bonds. The summed E-state index contributed by atoms with van der Waals surface area (Å²) in [6.45, 7) is 7.42. The summed E-state index contributed by atoms with van der Waals surface area (Å²) in [6, 6.07) is 14.4. The number of piperazine rings is 1. The van der Waals surface area contributed by atoms with Crippen LogP contribution in [0.25, 0.3) is 0 Å². The van der Waals surface area contributed by atoms with E-state index in [1.807, 2.05) is 68.1 Å². The highest BCUT2D eigenvalue weighted by Crippen LogP contribution is 2.22. The maximum absolute atomic E-state index is 13.0. The molecule has 0 aromatic heterocycles. The molecule has 1 saturated heterocycles. The fraction of sp³-hybridized carbons (Fsp3) is 0.381. The second-order valence-corrected chi connectivity index (χ2v) is 9.15. The van der Waals surface area contributed by atoms with Gasteiger partial charge in [-0.15, -0.1) is 0 Å². The van der Waals surface area contributed by atoms with Crippen molar-refractivity contribution in [2.75, 3.05) is 31.5 Å². The second kappa shape index (κ2) is 8.43. The summed E-state index contributed by atoms with van der Waals surface area (Å²) in [7, 11) is -3.52. The Bertz CT molecular complexity index is 937. The SMILES string of the molecule is Cc1ccc(S(=O)(=O)N2CCN([C@@H](C)C(=O)Nc3ccccc3)CC2)c(C)c1. The van der Waals surface area contributed by atoms with Gasteiger partial charge in [-0.05, 0) is 44.5 Å². The fourth-order valence-electron chi connectivity index (χ4n) is 3.49. The first-order valence-electron chi connectivity index (χ1n) is 9.46.